The van der Waals surface area contributed by atoms with Crippen molar-refractivity contribution in [3.63, 3.8) is 0 Å². The van der Waals surface area contributed by atoms with Crippen molar-refractivity contribution >= 4 is 12.1 Å². The van der Waals surface area contributed by atoms with E-state index in [1.54, 1.807) is 0 Å². The molecule has 0 heterocycles. The Morgan fingerprint density at radius 3 is 2.45 bits per heavy atom. The van der Waals surface area contributed by atoms with Gasteiger partial charge in [-0.3, -0.25) is 4.79 Å². The Labute approximate surface area is 114 Å². The highest BCUT2D eigenvalue weighted by Gasteiger charge is 2.03. The first-order chi connectivity index (χ1) is 9.56. The fourth-order valence-electron chi connectivity index (χ4n) is 1.45. The van der Waals surface area contributed by atoms with Crippen molar-refractivity contribution in [2.24, 2.45) is 5.10 Å². The Hall–Kier alpha value is -2.89. The number of nitrogens with one attached hydrogen (secondary N) is 1. The van der Waals surface area contributed by atoms with Crippen LogP contribution in [0.25, 0.3) is 0 Å². The zero-order valence-corrected chi connectivity index (χ0v) is 10.2. The molecule has 0 aliphatic carbocycles. The van der Waals surface area contributed by atoms with Crippen LogP contribution in [0, 0.1) is 5.82 Å². The van der Waals surface area contributed by atoms with Crippen LogP contribution in [0.4, 0.5) is 4.39 Å². The van der Waals surface area contributed by atoms with E-state index in [1.165, 1.54) is 48.7 Å². The van der Waals surface area contributed by atoms with E-state index < -0.39 is 11.7 Å². The highest BCUT2D eigenvalue weighted by atomic mass is 19.1. The Balaban J connectivity index is 2.00. The maximum atomic E-state index is 12.7. The number of hydrazone groups is 1. The molecule has 0 fully saturated rings. The predicted octanol–water partition coefficient (Wildman–Crippen LogP) is 2.00. The lowest BCUT2D eigenvalue weighted by Gasteiger charge is -2.00. The molecule has 2 aromatic rings. The van der Waals surface area contributed by atoms with Crippen molar-refractivity contribution in [3.8, 4) is 11.5 Å². The Morgan fingerprint density at radius 2 is 1.80 bits per heavy atom. The number of aromatic hydroxyl groups is 2. The second-order valence-corrected chi connectivity index (χ2v) is 3.95. The molecule has 0 saturated carbocycles. The minimum absolute atomic E-state index is 0.238. The van der Waals surface area contributed by atoms with Gasteiger partial charge >= 0.3 is 0 Å². The number of phenols is 2. The molecule has 0 saturated heterocycles. The fourth-order valence-corrected chi connectivity index (χ4v) is 1.45. The van der Waals surface area contributed by atoms with E-state index in [-0.39, 0.29) is 17.1 Å². The Kier molecular flexibility index (Phi) is 3.95. The quantitative estimate of drug-likeness (QED) is 0.455. The van der Waals surface area contributed by atoms with Crippen LogP contribution in [0.5, 0.6) is 11.5 Å². The van der Waals surface area contributed by atoms with Crippen LogP contribution >= 0.6 is 0 Å². The number of halogens is 1. The highest BCUT2D eigenvalue weighted by Crippen LogP contribution is 2.23. The number of benzene rings is 2. The summed E-state index contributed by atoms with van der Waals surface area (Å²) in [4.78, 5) is 11.6. The third-order valence-electron chi connectivity index (χ3n) is 2.49. The van der Waals surface area contributed by atoms with Gasteiger partial charge in [0, 0.05) is 5.56 Å². The number of rotatable bonds is 3. The van der Waals surface area contributed by atoms with Gasteiger partial charge in [-0.25, -0.2) is 9.82 Å². The monoisotopic (exact) mass is 274 g/mol. The van der Waals surface area contributed by atoms with Crippen LogP contribution in [-0.2, 0) is 0 Å². The molecule has 6 heteroatoms. The van der Waals surface area contributed by atoms with Gasteiger partial charge in [-0.05, 0) is 48.0 Å². The molecule has 5 nitrogen and oxygen atoms in total. The molecule has 3 N–H and O–H groups in total. The van der Waals surface area contributed by atoms with Gasteiger partial charge in [-0.15, -0.1) is 0 Å². The van der Waals surface area contributed by atoms with Crippen molar-refractivity contribution in [1.29, 1.82) is 0 Å². The van der Waals surface area contributed by atoms with Crippen LogP contribution in [0.15, 0.2) is 47.6 Å². The molecular weight excluding hydrogens is 263 g/mol. The summed E-state index contributed by atoms with van der Waals surface area (Å²) >= 11 is 0. The summed E-state index contributed by atoms with van der Waals surface area (Å²) in [7, 11) is 0. The van der Waals surface area contributed by atoms with E-state index in [4.69, 9.17) is 5.11 Å². The molecule has 0 aliphatic heterocycles. The standard InChI is InChI=1S/C14H11FN2O3/c15-11-4-2-10(3-5-11)14(20)17-16-8-9-1-6-12(18)13(19)7-9/h1-8,18-19H,(H,17,20)/b16-8-. The third kappa shape index (κ3) is 3.32. The highest BCUT2D eigenvalue weighted by molar-refractivity contribution is 5.94. The second kappa shape index (κ2) is 5.83. The van der Waals surface area contributed by atoms with E-state index in [0.29, 0.717) is 5.56 Å². The van der Waals surface area contributed by atoms with E-state index in [0.717, 1.165) is 0 Å². The van der Waals surface area contributed by atoms with Gasteiger partial charge in [-0.1, -0.05) is 0 Å². The first-order valence-electron chi connectivity index (χ1n) is 5.67. The average molecular weight is 274 g/mol. The van der Waals surface area contributed by atoms with Gasteiger partial charge in [-0.2, -0.15) is 5.10 Å². The Morgan fingerprint density at radius 1 is 1.10 bits per heavy atom. The zero-order valence-electron chi connectivity index (χ0n) is 10.2. The van der Waals surface area contributed by atoms with Gasteiger partial charge in [0.25, 0.3) is 5.91 Å². The predicted molar refractivity (Wildman–Crippen MR) is 71.2 cm³/mol. The summed E-state index contributed by atoms with van der Waals surface area (Å²) in [5.74, 6) is -1.43. The molecule has 0 spiro atoms. The molecule has 0 radical (unpaired) electrons. The number of hydrogen-bond donors (Lipinski definition) is 3. The normalized spacial score (nSPS) is 10.7. The molecule has 2 rings (SSSR count). The maximum Gasteiger partial charge on any atom is 0.271 e. The van der Waals surface area contributed by atoms with E-state index in [2.05, 4.69) is 10.5 Å². The third-order valence-corrected chi connectivity index (χ3v) is 2.49. The number of phenolic OH excluding ortho intramolecular Hbond substituents is 2. The van der Waals surface area contributed by atoms with E-state index in [9.17, 15) is 14.3 Å². The largest absolute Gasteiger partial charge is 0.504 e. The molecule has 1 amide bonds. The molecule has 0 aromatic heterocycles. The van der Waals surface area contributed by atoms with E-state index in [1.807, 2.05) is 0 Å². The second-order valence-electron chi connectivity index (χ2n) is 3.95. The summed E-state index contributed by atoms with van der Waals surface area (Å²) in [6.45, 7) is 0. The van der Waals surface area contributed by atoms with Crippen LogP contribution in [-0.4, -0.2) is 22.3 Å². The number of hydrogen-bond acceptors (Lipinski definition) is 4. The molecule has 0 atom stereocenters. The number of nitrogens with zero attached hydrogens (tertiary/aromatic N) is 1. The van der Waals surface area contributed by atoms with Crippen LogP contribution in [0.3, 0.4) is 0 Å². The first-order valence-corrected chi connectivity index (χ1v) is 5.67. The van der Waals surface area contributed by atoms with Crippen molar-refractivity contribution in [2.75, 3.05) is 0 Å². The van der Waals surface area contributed by atoms with Crippen LogP contribution in [0.2, 0.25) is 0 Å². The molecule has 0 aliphatic rings. The van der Waals surface area contributed by atoms with Crippen molar-refractivity contribution in [2.45, 2.75) is 0 Å². The van der Waals surface area contributed by atoms with Gasteiger partial charge in [0.15, 0.2) is 11.5 Å². The van der Waals surface area contributed by atoms with Crippen molar-refractivity contribution in [3.05, 3.63) is 59.4 Å². The average Bonchev–Trinajstić information content (AvgIpc) is 2.43. The van der Waals surface area contributed by atoms with Crippen molar-refractivity contribution in [1.82, 2.24) is 5.43 Å². The summed E-state index contributed by atoms with van der Waals surface area (Å²) in [6.07, 6.45) is 1.31. The van der Waals surface area contributed by atoms with Gasteiger partial charge < -0.3 is 10.2 Å². The van der Waals surface area contributed by atoms with Gasteiger partial charge in [0.1, 0.15) is 5.82 Å². The molecule has 102 valence electrons. The first kappa shape index (κ1) is 13.5. The van der Waals surface area contributed by atoms with Crippen molar-refractivity contribution < 1.29 is 19.4 Å². The summed E-state index contributed by atoms with van der Waals surface area (Å²) in [6, 6.07) is 9.15. The number of carbonyl (C=O) groups excluding carboxylic acids is 1. The minimum Gasteiger partial charge on any atom is -0.504 e. The van der Waals surface area contributed by atoms with Gasteiger partial charge in [0.05, 0.1) is 6.21 Å². The fraction of sp³-hybridized carbons (Fsp3) is 0. The lowest BCUT2D eigenvalue weighted by molar-refractivity contribution is 0.0955. The molecule has 0 unspecified atom stereocenters. The molecule has 20 heavy (non-hydrogen) atoms. The lowest BCUT2D eigenvalue weighted by Crippen LogP contribution is -2.17. The molecular formula is C14H11FN2O3. The summed E-state index contributed by atoms with van der Waals surface area (Å²) in [5, 5.41) is 22.1. The summed E-state index contributed by atoms with van der Waals surface area (Å²) in [5.41, 5.74) is 3.04. The van der Waals surface area contributed by atoms with Gasteiger partial charge in [0.2, 0.25) is 0 Å². The SMILES string of the molecule is O=C(N/N=C\c1ccc(O)c(O)c1)c1ccc(F)cc1. The Bertz CT molecular complexity index is 654. The van der Waals surface area contributed by atoms with E-state index >= 15 is 0 Å². The van der Waals surface area contributed by atoms with Crippen LogP contribution < -0.4 is 5.43 Å². The maximum absolute atomic E-state index is 12.7. The lowest BCUT2D eigenvalue weighted by atomic mass is 10.2. The number of carbonyl (C=O) groups is 1. The smallest absolute Gasteiger partial charge is 0.271 e. The summed E-state index contributed by atoms with van der Waals surface area (Å²) < 4.78 is 12.7. The zero-order chi connectivity index (χ0) is 14.5. The van der Waals surface area contributed by atoms with Crippen LogP contribution in [0.1, 0.15) is 15.9 Å². The number of amides is 1. The topological polar surface area (TPSA) is 81.9 Å². The molecule has 0 bridgehead atoms. The minimum atomic E-state index is -0.482. The molecule has 2 aromatic carbocycles.